The number of ether oxygens (including phenoxy) is 2. The number of aromatic nitrogens is 2. The lowest BCUT2D eigenvalue weighted by Crippen LogP contribution is -2.42. The van der Waals surface area contributed by atoms with E-state index in [2.05, 4.69) is 17.1 Å². The highest BCUT2D eigenvalue weighted by molar-refractivity contribution is 5.68. The number of alkyl halides is 3. The maximum Gasteiger partial charge on any atom is 0.419 e. The molecule has 0 saturated carbocycles. The van der Waals surface area contributed by atoms with Crippen molar-refractivity contribution in [1.29, 1.82) is 0 Å². The fourth-order valence-electron chi connectivity index (χ4n) is 4.45. The molecule has 1 aliphatic rings. The average Bonchev–Trinajstić information content (AvgIpc) is 3.35. The van der Waals surface area contributed by atoms with Crippen molar-refractivity contribution in [2.45, 2.75) is 103 Å². The lowest BCUT2D eigenvalue weighted by atomic mass is 9.98. The zero-order chi connectivity index (χ0) is 27.8. The van der Waals surface area contributed by atoms with Gasteiger partial charge in [-0.1, -0.05) is 50.6 Å². The molecule has 1 amide bonds. The summed E-state index contributed by atoms with van der Waals surface area (Å²) in [5, 5.41) is 3.93. The molecule has 1 atom stereocenters. The Morgan fingerprint density at radius 2 is 1.82 bits per heavy atom. The van der Waals surface area contributed by atoms with Gasteiger partial charge in [-0.15, -0.1) is 0 Å². The van der Waals surface area contributed by atoms with E-state index < -0.39 is 23.4 Å². The Kier molecular flexibility index (Phi) is 10.4. The Hall–Kier alpha value is -2.78. The van der Waals surface area contributed by atoms with Gasteiger partial charge in [0.05, 0.1) is 18.1 Å². The smallest absolute Gasteiger partial charge is 0.419 e. The second-order valence-corrected chi connectivity index (χ2v) is 10.9. The summed E-state index contributed by atoms with van der Waals surface area (Å²) in [7, 11) is 0. The van der Waals surface area contributed by atoms with Crippen LogP contribution in [0.15, 0.2) is 22.7 Å². The molecular weight excluding hydrogens is 499 g/mol. The van der Waals surface area contributed by atoms with Crippen LogP contribution in [0.5, 0.6) is 5.75 Å². The number of benzene rings is 1. The summed E-state index contributed by atoms with van der Waals surface area (Å²) in [6.07, 6.45) is 3.88. The molecule has 0 spiro atoms. The SMILES string of the molecule is CCCCCCCCCOc1ccc(-c2noc([C@@H]3CCCN(C(=O)OC(C)(C)C)C3)n2)cc1C(F)(F)F. The van der Waals surface area contributed by atoms with Gasteiger partial charge >= 0.3 is 12.3 Å². The minimum absolute atomic E-state index is 0.0681. The number of carbonyl (C=O) groups is 1. The molecule has 1 aromatic heterocycles. The highest BCUT2D eigenvalue weighted by Gasteiger charge is 2.36. The Morgan fingerprint density at radius 1 is 1.11 bits per heavy atom. The van der Waals surface area contributed by atoms with Crippen LogP contribution in [0.25, 0.3) is 11.4 Å². The molecular formula is C28H40F3N3O4. The molecule has 0 aliphatic carbocycles. The van der Waals surface area contributed by atoms with E-state index in [4.69, 9.17) is 14.0 Å². The van der Waals surface area contributed by atoms with E-state index in [0.717, 1.165) is 38.2 Å². The van der Waals surface area contributed by atoms with Crippen molar-refractivity contribution in [1.82, 2.24) is 15.0 Å². The van der Waals surface area contributed by atoms with Crippen LogP contribution in [-0.4, -0.2) is 46.4 Å². The van der Waals surface area contributed by atoms with E-state index in [1.54, 1.807) is 25.7 Å². The molecule has 38 heavy (non-hydrogen) atoms. The molecule has 1 saturated heterocycles. The van der Waals surface area contributed by atoms with Crippen molar-refractivity contribution < 1.29 is 32.0 Å². The standard InChI is InChI=1S/C28H40F3N3O4/c1-5-6-7-8-9-10-11-17-36-23-15-14-20(18-22(23)28(29,30)31)24-32-25(38-33-24)21-13-12-16-34(19-21)26(35)37-27(2,3)4/h14-15,18,21H,5-13,16-17,19H2,1-4H3/t21-/m1/s1. The lowest BCUT2D eigenvalue weighted by molar-refractivity contribution is -0.138. The number of amides is 1. The summed E-state index contributed by atoms with van der Waals surface area (Å²) < 4.78 is 57.9. The molecule has 7 nitrogen and oxygen atoms in total. The molecule has 1 aromatic carbocycles. The van der Waals surface area contributed by atoms with Crippen LogP contribution in [-0.2, 0) is 10.9 Å². The van der Waals surface area contributed by atoms with Crippen LogP contribution < -0.4 is 4.74 Å². The van der Waals surface area contributed by atoms with Crippen LogP contribution in [0, 0.1) is 0 Å². The van der Waals surface area contributed by atoms with Crippen LogP contribution >= 0.6 is 0 Å². The number of halogens is 3. The molecule has 1 aliphatic heterocycles. The quantitative estimate of drug-likeness (QED) is 0.269. The fraction of sp³-hybridized carbons (Fsp3) is 0.679. The monoisotopic (exact) mass is 539 g/mol. The average molecular weight is 540 g/mol. The van der Waals surface area contributed by atoms with Crippen molar-refractivity contribution in [3.05, 3.63) is 29.7 Å². The molecule has 0 unspecified atom stereocenters. The maximum atomic E-state index is 13.8. The number of hydrogen-bond acceptors (Lipinski definition) is 6. The number of likely N-dealkylation sites (tertiary alicyclic amines) is 1. The van der Waals surface area contributed by atoms with Gasteiger partial charge in [0.25, 0.3) is 0 Å². The van der Waals surface area contributed by atoms with Gasteiger partial charge in [-0.25, -0.2) is 4.79 Å². The molecule has 10 heteroatoms. The second-order valence-electron chi connectivity index (χ2n) is 10.9. The molecule has 2 heterocycles. The minimum Gasteiger partial charge on any atom is -0.493 e. The van der Waals surface area contributed by atoms with Crippen molar-refractivity contribution in [3.63, 3.8) is 0 Å². The van der Waals surface area contributed by atoms with Gasteiger partial charge in [0.1, 0.15) is 11.4 Å². The molecule has 2 aromatic rings. The van der Waals surface area contributed by atoms with Gasteiger partial charge in [-0.05, 0) is 58.2 Å². The van der Waals surface area contributed by atoms with Crippen molar-refractivity contribution in [2.24, 2.45) is 0 Å². The number of rotatable bonds is 11. The van der Waals surface area contributed by atoms with Gasteiger partial charge in [0, 0.05) is 18.7 Å². The van der Waals surface area contributed by atoms with Gasteiger partial charge in [-0.3, -0.25) is 0 Å². The largest absolute Gasteiger partial charge is 0.493 e. The van der Waals surface area contributed by atoms with E-state index in [0.29, 0.717) is 25.4 Å². The molecule has 0 bridgehead atoms. The Bertz CT molecular complexity index is 1030. The Balaban J connectivity index is 1.64. The first-order valence-electron chi connectivity index (χ1n) is 13.6. The molecule has 1 fully saturated rings. The zero-order valence-corrected chi connectivity index (χ0v) is 22.9. The first-order valence-corrected chi connectivity index (χ1v) is 13.6. The zero-order valence-electron chi connectivity index (χ0n) is 22.9. The van der Waals surface area contributed by atoms with Gasteiger partial charge in [0.2, 0.25) is 11.7 Å². The van der Waals surface area contributed by atoms with Crippen LogP contribution in [0.1, 0.15) is 103 Å². The number of nitrogens with zero attached hydrogens (tertiary/aromatic N) is 3. The summed E-state index contributed by atoms with van der Waals surface area (Å²) in [4.78, 5) is 18.4. The van der Waals surface area contributed by atoms with E-state index >= 15 is 0 Å². The van der Waals surface area contributed by atoms with Gasteiger partial charge in [0.15, 0.2) is 0 Å². The molecule has 3 rings (SSSR count). The normalized spacial score (nSPS) is 16.5. The molecule has 212 valence electrons. The van der Waals surface area contributed by atoms with Crippen LogP contribution in [0.2, 0.25) is 0 Å². The number of carbonyl (C=O) groups excluding carboxylic acids is 1. The highest BCUT2D eigenvalue weighted by Crippen LogP contribution is 2.39. The first-order chi connectivity index (χ1) is 18.0. The summed E-state index contributed by atoms with van der Waals surface area (Å²) in [5.41, 5.74) is -1.28. The fourth-order valence-corrected chi connectivity index (χ4v) is 4.45. The predicted molar refractivity (Wildman–Crippen MR) is 138 cm³/mol. The van der Waals surface area contributed by atoms with Crippen molar-refractivity contribution in [2.75, 3.05) is 19.7 Å². The maximum absolute atomic E-state index is 13.8. The van der Waals surface area contributed by atoms with Gasteiger partial charge < -0.3 is 18.9 Å². The summed E-state index contributed by atoms with van der Waals surface area (Å²) in [6, 6.07) is 3.83. The third-order valence-electron chi connectivity index (χ3n) is 6.41. The van der Waals surface area contributed by atoms with E-state index in [1.165, 1.54) is 31.4 Å². The number of hydrogen-bond donors (Lipinski definition) is 0. The van der Waals surface area contributed by atoms with Crippen LogP contribution in [0.4, 0.5) is 18.0 Å². The van der Waals surface area contributed by atoms with Crippen molar-refractivity contribution in [3.8, 4) is 17.1 Å². The Labute approximate surface area is 223 Å². The number of unbranched alkanes of at least 4 members (excludes halogenated alkanes) is 6. The summed E-state index contributed by atoms with van der Waals surface area (Å²) in [6.45, 7) is 8.70. The summed E-state index contributed by atoms with van der Waals surface area (Å²) >= 11 is 0. The molecule has 0 N–H and O–H groups in total. The predicted octanol–water partition coefficient (Wildman–Crippen LogP) is 8.00. The van der Waals surface area contributed by atoms with E-state index in [-0.39, 0.29) is 29.7 Å². The second kappa shape index (κ2) is 13.3. The highest BCUT2D eigenvalue weighted by atomic mass is 19.4. The van der Waals surface area contributed by atoms with E-state index in [9.17, 15) is 18.0 Å². The third kappa shape index (κ3) is 8.91. The minimum atomic E-state index is -4.59. The van der Waals surface area contributed by atoms with Crippen LogP contribution in [0.3, 0.4) is 0 Å². The van der Waals surface area contributed by atoms with E-state index in [1.807, 2.05) is 0 Å². The molecule has 0 radical (unpaired) electrons. The first kappa shape index (κ1) is 29.8. The Morgan fingerprint density at radius 3 is 2.50 bits per heavy atom. The van der Waals surface area contributed by atoms with Crippen molar-refractivity contribution >= 4 is 6.09 Å². The number of piperidine rings is 1. The lowest BCUT2D eigenvalue weighted by Gasteiger charge is -2.32. The van der Waals surface area contributed by atoms with Gasteiger partial charge in [-0.2, -0.15) is 18.2 Å². The summed E-state index contributed by atoms with van der Waals surface area (Å²) in [5.74, 6) is -0.0555. The topological polar surface area (TPSA) is 77.7 Å². The third-order valence-corrected chi connectivity index (χ3v) is 6.41.